The molecule has 1 aromatic carbocycles. The van der Waals surface area contributed by atoms with Crippen LogP contribution in [0.4, 0.5) is 18.9 Å². The number of hydrogen-bond donors (Lipinski definition) is 0. The van der Waals surface area contributed by atoms with Crippen molar-refractivity contribution in [3.05, 3.63) is 39.9 Å². The number of alkyl halides is 3. The predicted octanol–water partition coefficient (Wildman–Crippen LogP) is 2.62. The van der Waals surface area contributed by atoms with Crippen molar-refractivity contribution in [3.63, 3.8) is 0 Å². The lowest BCUT2D eigenvalue weighted by molar-refractivity contribution is -0.385. The van der Waals surface area contributed by atoms with Crippen LogP contribution in [0.5, 0.6) is 0 Å². The summed E-state index contributed by atoms with van der Waals surface area (Å²) in [6.07, 6.45) is -4.55. The normalized spacial score (nSPS) is 11.2. The van der Waals surface area contributed by atoms with Crippen LogP contribution in [0, 0.1) is 10.1 Å². The minimum absolute atomic E-state index is 0.190. The molecule has 5 nitrogen and oxygen atoms in total. The Morgan fingerprint density at radius 3 is 2.42 bits per heavy atom. The molecule has 1 rings (SSSR count). The van der Waals surface area contributed by atoms with Crippen molar-refractivity contribution in [2.75, 3.05) is 13.1 Å². The minimum atomic E-state index is -4.55. The first-order chi connectivity index (χ1) is 8.76. The molecular weight excluding hydrogens is 265 g/mol. The molecule has 19 heavy (non-hydrogen) atoms. The van der Waals surface area contributed by atoms with Gasteiger partial charge in [0.1, 0.15) is 12.1 Å². The van der Waals surface area contributed by atoms with Crippen molar-refractivity contribution in [1.82, 2.24) is 4.90 Å². The van der Waals surface area contributed by atoms with E-state index in [9.17, 15) is 28.1 Å². The maximum absolute atomic E-state index is 12.3. The number of carbonyl (C=O) groups excluding carboxylic acids is 1. The van der Waals surface area contributed by atoms with Crippen molar-refractivity contribution in [1.29, 1.82) is 0 Å². The minimum Gasteiger partial charge on any atom is -0.330 e. The molecule has 1 amide bonds. The third-order valence-electron chi connectivity index (χ3n) is 2.37. The Kier molecular flexibility index (Phi) is 4.47. The van der Waals surface area contributed by atoms with Crippen molar-refractivity contribution in [2.24, 2.45) is 0 Å². The molecule has 0 saturated carbocycles. The fourth-order valence-corrected chi connectivity index (χ4v) is 1.53. The second kappa shape index (κ2) is 5.68. The first-order valence-electron chi connectivity index (χ1n) is 5.35. The van der Waals surface area contributed by atoms with Crippen LogP contribution in [-0.4, -0.2) is 35.0 Å². The third kappa shape index (κ3) is 3.94. The highest BCUT2D eigenvalue weighted by Crippen LogP contribution is 2.22. The number of nitro benzene ring substituents is 1. The molecule has 8 heteroatoms. The highest BCUT2D eigenvalue weighted by Gasteiger charge is 2.34. The molecule has 0 bridgehead atoms. The molecule has 0 atom stereocenters. The van der Waals surface area contributed by atoms with E-state index in [1.807, 2.05) is 0 Å². The van der Waals surface area contributed by atoms with E-state index in [1.54, 1.807) is 0 Å². The van der Waals surface area contributed by atoms with Crippen LogP contribution in [0.3, 0.4) is 0 Å². The van der Waals surface area contributed by atoms with Crippen LogP contribution >= 0.6 is 0 Å². The van der Waals surface area contributed by atoms with Gasteiger partial charge >= 0.3 is 6.18 Å². The molecule has 0 unspecified atom stereocenters. The SMILES string of the molecule is CCN(CC(F)(F)F)C(=O)c1ccccc1[N+](=O)[O-]. The number of hydrogen-bond acceptors (Lipinski definition) is 3. The lowest BCUT2D eigenvalue weighted by atomic mass is 10.1. The average molecular weight is 276 g/mol. The molecule has 0 heterocycles. The molecule has 104 valence electrons. The van der Waals surface area contributed by atoms with Gasteiger partial charge in [0.25, 0.3) is 11.6 Å². The van der Waals surface area contributed by atoms with Crippen molar-refractivity contribution in [2.45, 2.75) is 13.1 Å². The summed E-state index contributed by atoms with van der Waals surface area (Å²) in [7, 11) is 0. The number of nitrogens with zero attached hydrogens (tertiary/aromatic N) is 2. The molecular formula is C11H11F3N2O3. The van der Waals surface area contributed by atoms with Gasteiger partial charge in [0.2, 0.25) is 0 Å². The van der Waals surface area contributed by atoms with Crippen LogP contribution in [-0.2, 0) is 0 Å². The van der Waals surface area contributed by atoms with E-state index in [2.05, 4.69) is 0 Å². The van der Waals surface area contributed by atoms with Crippen LogP contribution in [0.1, 0.15) is 17.3 Å². The van der Waals surface area contributed by atoms with E-state index in [-0.39, 0.29) is 12.1 Å². The van der Waals surface area contributed by atoms with Crippen LogP contribution in [0.15, 0.2) is 24.3 Å². The van der Waals surface area contributed by atoms with Crippen LogP contribution in [0.2, 0.25) is 0 Å². The van der Waals surface area contributed by atoms with Gasteiger partial charge in [0, 0.05) is 12.6 Å². The number of amides is 1. The highest BCUT2D eigenvalue weighted by molar-refractivity contribution is 5.98. The largest absolute Gasteiger partial charge is 0.406 e. The molecule has 0 radical (unpaired) electrons. The molecule has 0 saturated heterocycles. The average Bonchev–Trinajstić information content (AvgIpc) is 2.34. The lowest BCUT2D eigenvalue weighted by Crippen LogP contribution is -2.39. The summed E-state index contributed by atoms with van der Waals surface area (Å²) in [5, 5.41) is 10.7. The molecule has 1 aromatic rings. The quantitative estimate of drug-likeness (QED) is 0.627. The van der Waals surface area contributed by atoms with Gasteiger partial charge in [-0.2, -0.15) is 13.2 Å². The number of rotatable bonds is 4. The van der Waals surface area contributed by atoms with Crippen molar-refractivity contribution >= 4 is 11.6 Å². The lowest BCUT2D eigenvalue weighted by Gasteiger charge is -2.22. The molecule has 0 aliphatic heterocycles. The molecule has 0 aliphatic carbocycles. The monoisotopic (exact) mass is 276 g/mol. The first kappa shape index (κ1) is 14.9. The van der Waals surface area contributed by atoms with E-state index >= 15 is 0 Å². The maximum atomic E-state index is 12.3. The molecule has 0 spiro atoms. The Hall–Kier alpha value is -2.12. The number of benzene rings is 1. The van der Waals surface area contributed by atoms with Crippen LogP contribution in [0.25, 0.3) is 0 Å². The summed E-state index contributed by atoms with van der Waals surface area (Å²) in [6.45, 7) is -0.253. The van der Waals surface area contributed by atoms with Gasteiger partial charge in [-0.1, -0.05) is 12.1 Å². The van der Waals surface area contributed by atoms with Gasteiger partial charge in [-0.3, -0.25) is 14.9 Å². The van der Waals surface area contributed by atoms with Gasteiger partial charge < -0.3 is 4.90 Å². The van der Waals surface area contributed by atoms with E-state index < -0.39 is 29.2 Å². The van der Waals surface area contributed by atoms with E-state index in [4.69, 9.17) is 0 Å². The highest BCUT2D eigenvalue weighted by atomic mass is 19.4. The molecule has 0 N–H and O–H groups in total. The zero-order valence-electron chi connectivity index (χ0n) is 9.98. The van der Waals surface area contributed by atoms with Gasteiger partial charge in [-0.05, 0) is 13.0 Å². The molecule has 0 fully saturated rings. The Morgan fingerprint density at radius 2 is 1.95 bits per heavy atom. The zero-order chi connectivity index (χ0) is 14.6. The first-order valence-corrected chi connectivity index (χ1v) is 5.35. The van der Waals surface area contributed by atoms with Crippen molar-refractivity contribution < 1.29 is 22.9 Å². The number of halogens is 3. The van der Waals surface area contributed by atoms with Gasteiger partial charge in [-0.25, -0.2) is 0 Å². The van der Waals surface area contributed by atoms with Gasteiger partial charge in [0.15, 0.2) is 0 Å². The standard InChI is InChI=1S/C11H11F3N2O3/c1-2-15(7-11(12,13)14)10(17)8-5-3-4-6-9(8)16(18)19/h3-6H,2,7H2,1H3. The number of para-hydroxylation sites is 1. The summed E-state index contributed by atoms with van der Waals surface area (Å²) in [5.41, 5.74) is -0.855. The predicted molar refractivity (Wildman–Crippen MR) is 60.7 cm³/mol. The third-order valence-corrected chi connectivity index (χ3v) is 2.37. The second-order valence-corrected chi connectivity index (χ2v) is 3.71. The van der Waals surface area contributed by atoms with Gasteiger partial charge in [0.05, 0.1) is 4.92 Å². The van der Waals surface area contributed by atoms with E-state index in [0.717, 1.165) is 12.1 Å². The summed E-state index contributed by atoms with van der Waals surface area (Å²) < 4.78 is 36.9. The van der Waals surface area contributed by atoms with Gasteiger partial charge in [-0.15, -0.1) is 0 Å². The Labute approximate surface area is 106 Å². The Morgan fingerprint density at radius 1 is 1.37 bits per heavy atom. The Bertz CT molecular complexity index is 488. The molecule has 0 aliphatic rings. The number of nitro groups is 1. The fourth-order valence-electron chi connectivity index (χ4n) is 1.53. The van der Waals surface area contributed by atoms with E-state index in [0.29, 0.717) is 4.90 Å². The smallest absolute Gasteiger partial charge is 0.330 e. The topological polar surface area (TPSA) is 63.5 Å². The van der Waals surface area contributed by atoms with E-state index in [1.165, 1.54) is 19.1 Å². The Balaban J connectivity index is 3.08. The zero-order valence-corrected chi connectivity index (χ0v) is 9.98. The van der Waals surface area contributed by atoms with Crippen molar-refractivity contribution in [3.8, 4) is 0 Å². The summed E-state index contributed by atoms with van der Waals surface area (Å²) in [5.74, 6) is -1.01. The fraction of sp³-hybridized carbons (Fsp3) is 0.364. The summed E-state index contributed by atoms with van der Waals surface area (Å²) in [6, 6.07) is 4.92. The number of carbonyl (C=O) groups is 1. The maximum Gasteiger partial charge on any atom is 0.406 e. The molecule has 0 aromatic heterocycles. The summed E-state index contributed by atoms with van der Waals surface area (Å²) >= 11 is 0. The summed E-state index contributed by atoms with van der Waals surface area (Å²) in [4.78, 5) is 22.4. The van der Waals surface area contributed by atoms with Crippen LogP contribution < -0.4 is 0 Å². The second-order valence-electron chi connectivity index (χ2n) is 3.71.